The van der Waals surface area contributed by atoms with E-state index in [2.05, 4.69) is 48.6 Å². The van der Waals surface area contributed by atoms with Crippen LogP contribution in [0.5, 0.6) is 5.75 Å². The minimum absolute atomic E-state index is 0.0950. The fraction of sp³-hybridized carbons (Fsp3) is 0.571. The first kappa shape index (κ1) is 15.2. The zero-order valence-electron chi connectivity index (χ0n) is 11.4. The zero-order chi connectivity index (χ0) is 13.8. The summed E-state index contributed by atoms with van der Waals surface area (Å²) in [5.41, 5.74) is 1.33. The van der Waals surface area contributed by atoms with Crippen molar-refractivity contribution in [1.82, 2.24) is 4.98 Å². The van der Waals surface area contributed by atoms with E-state index < -0.39 is 0 Å². The second-order valence-electron chi connectivity index (χ2n) is 5.29. The van der Waals surface area contributed by atoms with Crippen molar-refractivity contribution in [3.05, 3.63) is 21.9 Å². The third-order valence-electron chi connectivity index (χ3n) is 2.60. The standard InChI is InChI=1S/C14H20BrNO2/c1-5-6-7-18-12-10(9-17)8-11(14(2,3)4)16-13(12)15/h8-9H,5-7H2,1-4H3. The number of carbonyl (C=O) groups is 1. The second-order valence-corrected chi connectivity index (χ2v) is 6.04. The molecule has 1 heterocycles. The summed E-state index contributed by atoms with van der Waals surface area (Å²) in [6.45, 7) is 8.89. The van der Waals surface area contributed by atoms with Crippen LogP contribution >= 0.6 is 15.9 Å². The molecular formula is C14H20BrNO2. The highest BCUT2D eigenvalue weighted by Gasteiger charge is 2.20. The molecule has 18 heavy (non-hydrogen) atoms. The summed E-state index contributed by atoms with van der Waals surface area (Å²) in [7, 11) is 0. The van der Waals surface area contributed by atoms with Crippen molar-refractivity contribution in [2.45, 2.75) is 46.0 Å². The summed E-state index contributed by atoms with van der Waals surface area (Å²) in [4.78, 5) is 15.6. The van der Waals surface area contributed by atoms with Crippen LogP contribution in [0.1, 0.15) is 56.6 Å². The van der Waals surface area contributed by atoms with Gasteiger partial charge in [0.15, 0.2) is 12.0 Å². The van der Waals surface area contributed by atoms with Gasteiger partial charge in [0.05, 0.1) is 12.2 Å². The lowest BCUT2D eigenvalue weighted by Crippen LogP contribution is -2.15. The van der Waals surface area contributed by atoms with Crippen molar-refractivity contribution in [1.29, 1.82) is 0 Å². The van der Waals surface area contributed by atoms with Crippen LogP contribution in [0.25, 0.3) is 0 Å². The molecule has 0 saturated heterocycles. The van der Waals surface area contributed by atoms with E-state index in [0.717, 1.165) is 24.8 Å². The van der Waals surface area contributed by atoms with Gasteiger partial charge in [0.25, 0.3) is 0 Å². The summed E-state index contributed by atoms with van der Waals surface area (Å²) in [5, 5.41) is 0. The van der Waals surface area contributed by atoms with Gasteiger partial charge in [-0.3, -0.25) is 4.79 Å². The fourth-order valence-electron chi connectivity index (χ4n) is 1.45. The molecule has 0 unspecified atom stereocenters. The van der Waals surface area contributed by atoms with Crippen LogP contribution in [0.4, 0.5) is 0 Å². The highest BCUT2D eigenvalue weighted by atomic mass is 79.9. The van der Waals surface area contributed by atoms with E-state index in [-0.39, 0.29) is 5.41 Å². The molecule has 1 aromatic heterocycles. The lowest BCUT2D eigenvalue weighted by molar-refractivity contribution is 0.111. The van der Waals surface area contributed by atoms with Crippen molar-refractivity contribution < 1.29 is 9.53 Å². The van der Waals surface area contributed by atoms with Crippen LogP contribution in [0, 0.1) is 0 Å². The summed E-state index contributed by atoms with van der Waals surface area (Å²) in [6.07, 6.45) is 2.84. The predicted octanol–water partition coefficient (Wildman–Crippen LogP) is 4.13. The Morgan fingerprint density at radius 2 is 2.11 bits per heavy atom. The Kier molecular flexibility index (Phi) is 5.32. The number of rotatable bonds is 5. The summed E-state index contributed by atoms with van der Waals surface area (Å²) in [5.74, 6) is 0.548. The Morgan fingerprint density at radius 1 is 1.44 bits per heavy atom. The van der Waals surface area contributed by atoms with E-state index in [1.165, 1.54) is 0 Å². The molecule has 1 rings (SSSR count). The molecule has 100 valence electrons. The Morgan fingerprint density at radius 3 is 2.61 bits per heavy atom. The van der Waals surface area contributed by atoms with E-state index in [9.17, 15) is 4.79 Å². The number of hydrogen-bond donors (Lipinski definition) is 0. The number of aromatic nitrogens is 1. The third-order valence-corrected chi connectivity index (χ3v) is 3.14. The van der Waals surface area contributed by atoms with E-state index in [1.807, 2.05) is 0 Å². The molecule has 0 aliphatic rings. The van der Waals surface area contributed by atoms with Crippen molar-refractivity contribution in [2.24, 2.45) is 0 Å². The molecule has 0 atom stereocenters. The normalized spacial score (nSPS) is 11.4. The predicted molar refractivity (Wildman–Crippen MR) is 76.4 cm³/mol. The van der Waals surface area contributed by atoms with Crippen molar-refractivity contribution in [3.63, 3.8) is 0 Å². The highest BCUT2D eigenvalue weighted by molar-refractivity contribution is 9.10. The van der Waals surface area contributed by atoms with Gasteiger partial charge in [0, 0.05) is 11.1 Å². The minimum Gasteiger partial charge on any atom is -0.490 e. The molecule has 4 heteroatoms. The van der Waals surface area contributed by atoms with Crippen molar-refractivity contribution in [3.8, 4) is 5.75 Å². The first-order valence-electron chi connectivity index (χ1n) is 6.19. The second kappa shape index (κ2) is 6.32. The quantitative estimate of drug-likeness (QED) is 0.466. The molecule has 3 nitrogen and oxygen atoms in total. The average molecular weight is 314 g/mol. The van der Waals surface area contributed by atoms with Gasteiger partial charge < -0.3 is 4.74 Å². The molecule has 0 spiro atoms. The van der Waals surface area contributed by atoms with Gasteiger partial charge in [-0.1, -0.05) is 34.1 Å². The summed E-state index contributed by atoms with van der Waals surface area (Å²) < 4.78 is 6.23. The fourth-order valence-corrected chi connectivity index (χ4v) is 1.99. The number of carbonyl (C=O) groups excluding carboxylic acids is 1. The number of ether oxygens (including phenoxy) is 1. The number of pyridine rings is 1. The Labute approximate surface area is 117 Å². The van der Waals surface area contributed by atoms with Crippen molar-refractivity contribution >= 4 is 22.2 Å². The van der Waals surface area contributed by atoms with Gasteiger partial charge in [-0.25, -0.2) is 4.98 Å². The lowest BCUT2D eigenvalue weighted by Gasteiger charge is -2.20. The lowest BCUT2D eigenvalue weighted by atomic mass is 9.91. The van der Waals surface area contributed by atoms with Gasteiger partial charge in [-0.05, 0) is 28.4 Å². The molecular weight excluding hydrogens is 294 g/mol. The van der Waals surface area contributed by atoms with Crippen LogP contribution < -0.4 is 4.74 Å². The van der Waals surface area contributed by atoms with Gasteiger partial charge in [0.1, 0.15) is 4.60 Å². The Balaban J connectivity index is 3.08. The molecule has 0 aliphatic carbocycles. The molecule has 0 saturated carbocycles. The monoisotopic (exact) mass is 313 g/mol. The molecule has 0 amide bonds. The largest absolute Gasteiger partial charge is 0.490 e. The molecule has 0 aromatic carbocycles. The molecule has 0 bridgehead atoms. The van der Waals surface area contributed by atoms with Crippen LogP contribution in [0.3, 0.4) is 0 Å². The summed E-state index contributed by atoms with van der Waals surface area (Å²) >= 11 is 3.39. The number of unbranched alkanes of at least 4 members (excludes halogenated alkanes) is 1. The van der Waals surface area contributed by atoms with Crippen LogP contribution in [0.2, 0.25) is 0 Å². The average Bonchev–Trinajstić information content (AvgIpc) is 2.29. The van der Waals surface area contributed by atoms with Gasteiger partial charge in [-0.15, -0.1) is 0 Å². The van der Waals surface area contributed by atoms with Gasteiger partial charge in [0.2, 0.25) is 0 Å². The van der Waals surface area contributed by atoms with E-state index in [0.29, 0.717) is 22.5 Å². The first-order valence-corrected chi connectivity index (χ1v) is 6.98. The highest BCUT2D eigenvalue weighted by Crippen LogP contribution is 2.31. The summed E-state index contributed by atoms with van der Waals surface area (Å²) in [6, 6.07) is 1.80. The van der Waals surface area contributed by atoms with E-state index in [4.69, 9.17) is 4.74 Å². The molecule has 0 N–H and O–H groups in total. The SMILES string of the molecule is CCCCOc1c(C=O)cc(C(C)(C)C)nc1Br. The third kappa shape index (κ3) is 3.80. The Hall–Kier alpha value is -0.900. The van der Waals surface area contributed by atoms with Gasteiger partial charge in [-0.2, -0.15) is 0 Å². The van der Waals surface area contributed by atoms with Crippen LogP contribution in [-0.4, -0.2) is 17.9 Å². The maximum absolute atomic E-state index is 11.2. The van der Waals surface area contributed by atoms with Gasteiger partial charge >= 0.3 is 0 Å². The Bertz CT molecular complexity index is 425. The molecule has 0 fully saturated rings. The maximum atomic E-state index is 11.2. The van der Waals surface area contributed by atoms with E-state index in [1.54, 1.807) is 6.07 Å². The molecule has 0 radical (unpaired) electrons. The maximum Gasteiger partial charge on any atom is 0.162 e. The number of hydrogen-bond acceptors (Lipinski definition) is 3. The zero-order valence-corrected chi connectivity index (χ0v) is 13.0. The topological polar surface area (TPSA) is 39.2 Å². The number of halogens is 1. The van der Waals surface area contributed by atoms with Crippen molar-refractivity contribution in [2.75, 3.05) is 6.61 Å². The van der Waals surface area contributed by atoms with E-state index >= 15 is 0 Å². The van der Waals surface area contributed by atoms with Crippen LogP contribution in [-0.2, 0) is 5.41 Å². The van der Waals surface area contributed by atoms with Crippen LogP contribution in [0.15, 0.2) is 10.7 Å². The first-order chi connectivity index (χ1) is 8.40. The molecule has 1 aromatic rings. The number of nitrogens with zero attached hydrogens (tertiary/aromatic N) is 1. The number of aldehydes is 1. The minimum atomic E-state index is -0.0950. The smallest absolute Gasteiger partial charge is 0.162 e. The molecule has 0 aliphatic heterocycles.